The minimum Gasteiger partial charge on any atom is -0.480 e. The number of carboxylic acid groups (broad SMARTS) is 1. The Balaban J connectivity index is 3.79. The number of carbonyl (C=O) groups excluding carboxylic acids is 2. The lowest BCUT2D eigenvalue weighted by Gasteiger charge is -2.12. The number of hydrogen-bond donors (Lipinski definition) is 3. The summed E-state index contributed by atoms with van der Waals surface area (Å²) in [5.74, 6) is -1.33. The summed E-state index contributed by atoms with van der Waals surface area (Å²) < 4.78 is 0. The van der Waals surface area contributed by atoms with Crippen LogP contribution in [0.5, 0.6) is 0 Å². The first-order valence-corrected chi connectivity index (χ1v) is 6.85. The van der Waals surface area contributed by atoms with Gasteiger partial charge in [-0.15, -0.1) is 0 Å². The van der Waals surface area contributed by atoms with Crippen molar-refractivity contribution in [2.24, 2.45) is 0 Å². The molecular weight excluding hydrogens is 260 g/mol. The molecule has 20 heavy (non-hydrogen) atoms. The van der Waals surface area contributed by atoms with E-state index in [2.05, 4.69) is 10.6 Å². The summed E-state index contributed by atoms with van der Waals surface area (Å²) in [6.45, 7) is 3.87. The van der Waals surface area contributed by atoms with Crippen LogP contribution in [-0.2, 0) is 14.4 Å². The highest BCUT2D eigenvalue weighted by molar-refractivity contribution is 5.83. The molecule has 0 aromatic carbocycles. The Bertz CT molecular complexity index is 353. The first-order chi connectivity index (χ1) is 9.47. The molecular formula is C14H24N2O4. The van der Waals surface area contributed by atoms with Crippen molar-refractivity contribution in [2.45, 2.75) is 52.0 Å². The number of unbranched alkanes of at least 4 members (excludes halogenated alkanes) is 2. The molecule has 0 aromatic rings. The quantitative estimate of drug-likeness (QED) is 0.415. The van der Waals surface area contributed by atoms with Crippen LogP contribution in [0, 0.1) is 0 Å². The predicted octanol–water partition coefficient (Wildman–Crippen LogP) is 1.22. The van der Waals surface area contributed by atoms with Crippen LogP contribution in [0.2, 0.25) is 0 Å². The van der Waals surface area contributed by atoms with E-state index in [1.165, 1.54) is 6.92 Å². The van der Waals surface area contributed by atoms with Crippen LogP contribution in [0.25, 0.3) is 0 Å². The van der Waals surface area contributed by atoms with E-state index in [1.807, 2.05) is 0 Å². The van der Waals surface area contributed by atoms with Gasteiger partial charge in [-0.05, 0) is 26.2 Å². The molecule has 0 aliphatic rings. The van der Waals surface area contributed by atoms with Crippen LogP contribution in [0.3, 0.4) is 0 Å². The van der Waals surface area contributed by atoms with Crippen molar-refractivity contribution in [1.29, 1.82) is 0 Å². The van der Waals surface area contributed by atoms with Gasteiger partial charge in [-0.1, -0.05) is 18.6 Å². The number of nitrogens with one attached hydrogen (secondary N) is 2. The third-order valence-electron chi connectivity index (χ3n) is 2.70. The molecule has 0 fully saturated rings. The monoisotopic (exact) mass is 284 g/mol. The molecule has 0 bridgehead atoms. The van der Waals surface area contributed by atoms with Gasteiger partial charge in [0.1, 0.15) is 6.04 Å². The third-order valence-corrected chi connectivity index (χ3v) is 2.70. The Morgan fingerprint density at radius 3 is 2.45 bits per heavy atom. The molecule has 0 heterocycles. The van der Waals surface area contributed by atoms with Gasteiger partial charge in [0.15, 0.2) is 0 Å². The Morgan fingerprint density at radius 2 is 1.90 bits per heavy atom. The second-order valence-corrected chi connectivity index (χ2v) is 4.56. The van der Waals surface area contributed by atoms with Crippen molar-refractivity contribution in [2.75, 3.05) is 6.54 Å². The number of carbonyl (C=O) groups is 3. The SMILES string of the molecule is C/C=C/CC(NC(=O)CCCCCNC(C)=O)C(=O)O. The fourth-order valence-electron chi connectivity index (χ4n) is 1.61. The van der Waals surface area contributed by atoms with Crippen molar-refractivity contribution >= 4 is 17.8 Å². The van der Waals surface area contributed by atoms with Gasteiger partial charge in [0, 0.05) is 19.9 Å². The molecule has 2 amide bonds. The van der Waals surface area contributed by atoms with E-state index in [-0.39, 0.29) is 11.8 Å². The molecule has 0 aliphatic heterocycles. The largest absolute Gasteiger partial charge is 0.480 e. The van der Waals surface area contributed by atoms with Crippen molar-refractivity contribution in [3.05, 3.63) is 12.2 Å². The van der Waals surface area contributed by atoms with Gasteiger partial charge < -0.3 is 15.7 Å². The van der Waals surface area contributed by atoms with Crippen LogP contribution >= 0.6 is 0 Å². The molecule has 6 nitrogen and oxygen atoms in total. The molecule has 0 aromatic heterocycles. The second-order valence-electron chi connectivity index (χ2n) is 4.56. The van der Waals surface area contributed by atoms with Crippen LogP contribution in [-0.4, -0.2) is 35.5 Å². The molecule has 0 rings (SSSR count). The highest BCUT2D eigenvalue weighted by atomic mass is 16.4. The maximum absolute atomic E-state index is 11.6. The highest BCUT2D eigenvalue weighted by Gasteiger charge is 2.17. The van der Waals surface area contributed by atoms with Gasteiger partial charge in [-0.25, -0.2) is 4.79 Å². The zero-order valence-electron chi connectivity index (χ0n) is 12.1. The summed E-state index contributed by atoms with van der Waals surface area (Å²) >= 11 is 0. The lowest BCUT2D eigenvalue weighted by molar-refractivity contribution is -0.141. The van der Waals surface area contributed by atoms with E-state index >= 15 is 0 Å². The predicted molar refractivity (Wildman–Crippen MR) is 76.1 cm³/mol. The Kier molecular flexibility index (Phi) is 10.00. The van der Waals surface area contributed by atoms with Crippen molar-refractivity contribution in [3.8, 4) is 0 Å². The average Bonchev–Trinajstić information content (AvgIpc) is 2.37. The summed E-state index contributed by atoms with van der Waals surface area (Å²) in [6.07, 6.45) is 6.38. The molecule has 0 saturated heterocycles. The molecule has 1 atom stereocenters. The number of rotatable bonds is 10. The van der Waals surface area contributed by atoms with E-state index < -0.39 is 12.0 Å². The lowest BCUT2D eigenvalue weighted by Crippen LogP contribution is -2.40. The minimum absolute atomic E-state index is 0.0592. The number of amides is 2. The van der Waals surface area contributed by atoms with Crippen LogP contribution in [0.15, 0.2) is 12.2 Å². The standard InChI is InChI=1S/C14H24N2O4/c1-3-4-8-12(14(19)20)16-13(18)9-6-5-7-10-15-11(2)17/h3-4,12H,5-10H2,1-2H3,(H,15,17)(H,16,18)(H,19,20)/b4-3+. The van der Waals surface area contributed by atoms with Crippen molar-refractivity contribution < 1.29 is 19.5 Å². The van der Waals surface area contributed by atoms with Gasteiger partial charge in [-0.2, -0.15) is 0 Å². The number of allylic oxidation sites excluding steroid dienone is 1. The third kappa shape index (κ3) is 10.1. The number of aliphatic carboxylic acids is 1. The van der Waals surface area contributed by atoms with Gasteiger partial charge in [-0.3, -0.25) is 9.59 Å². The summed E-state index contributed by atoms with van der Waals surface area (Å²) in [4.78, 5) is 33.1. The van der Waals surface area contributed by atoms with Gasteiger partial charge in [0.2, 0.25) is 11.8 Å². The zero-order valence-corrected chi connectivity index (χ0v) is 12.1. The fraction of sp³-hybridized carbons (Fsp3) is 0.643. The summed E-state index contributed by atoms with van der Waals surface area (Å²) in [5, 5.41) is 14.1. The van der Waals surface area contributed by atoms with Gasteiger partial charge in [0.05, 0.1) is 0 Å². The first-order valence-electron chi connectivity index (χ1n) is 6.85. The minimum atomic E-state index is -1.03. The second kappa shape index (κ2) is 11.0. The Hall–Kier alpha value is -1.85. The molecule has 114 valence electrons. The lowest BCUT2D eigenvalue weighted by atomic mass is 10.1. The number of carboxylic acids is 1. The zero-order chi connectivity index (χ0) is 15.4. The first kappa shape index (κ1) is 18.1. The molecule has 1 unspecified atom stereocenters. The molecule has 6 heteroatoms. The smallest absolute Gasteiger partial charge is 0.326 e. The van der Waals surface area contributed by atoms with E-state index in [9.17, 15) is 14.4 Å². The maximum atomic E-state index is 11.6. The molecule has 0 aliphatic carbocycles. The highest BCUT2D eigenvalue weighted by Crippen LogP contribution is 2.01. The Morgan fingerprint density at radius 1 is 1.20 bits per heavy atom. The van der Waals surface area contributed by atoms with Gasteiger partial charge >= 0.3 is 5.97 Å². The average molecular weight is 284 g/mol. The van der Waals surface area contributed by atoms with Crippen LogP contribution < -0.4 is 10.6 Å². The van der Waals surface area contributed by atoms with Crippen LogP contribution in [0.4, 0.5) is 0 Å². The van der Waals surface area contributed by atoms with E-state index in [0.717, 1.165) is 12.8 Å². The van der Waals surface area contributed by atoms with Crippen molar-refractivity contribution in [1.82, 2.24) is 10.6 Å². The summed E-state index contributed by atoms with van der Waals surface area (Å²) in [7, 11) is 0. The molecule has 0 radical (unpaired) electrons. The molecule has 3 N–H and O–H groups in total. The van der Waals surface area contributed by atoms with E-state index in [1.54, 1.807) is 19.1 Å². The molecule has 0 saturated carbocycles. The summed E-state index contributed by atoms with van der Waals surface area (Å²) in [6, 6.07) is -0.863. The van der Waals surface area contributed by atoms with Crippen LogP contribution in [0.1, 0.15) is 46.0 Å². The molecule has 0 spiro atoms. The topological polar surface area (TPSA) is 95.5 Å². The fourth-order valence-corrected chi connectivity index (χ4v) is 1.61. The maximum Gasteiger partial charge on any atom is 0.326 e. The van der Waals surface area contributed by atoms with E-state index in [0.29, 0.717) is 25.8 Å². The van der Waals surface area contributed by atoms with Crippen molar-refractivity contribution in [3.63, 3.8) is 0 Å². The normalized spacial score (nSPS) is 12.1. The van der Waals surface area contributed by atoms with E-state index in [4.69, 9.17) is 5.11 Å². The summed E-state index contributed by atoms with van der Waals surface area (Å²) in [5.41, 5.74) is 0. The van der Waals surface area contributed by atoms with Gasteiger partial charge in [0.25, 0.3) is 0 Å². The number of hydrogen-bond acceptors (Lipinski definition) is 3. The Labute approximate surface area is 119 Å².